The number of nitriles is 1. The summed E-state index contributed by atoms with van der Waals surface area (Å²) in [5.74, 6) is -4.34. The van der Waals surface area contributed by atoms with E-state index in [0.717, 1.165) is 37.8 Å². The van der Waals surface area contributed by atoms with Crippen LogP contribution in [0.4, 0.5) is 19.0 Å². The predicted molar refractivity (Wildman–Crippen MR) is 128 cm³/mol. The van der Waals surface area contributed by atoms with E-state index < -0.39 is 35.4 Å². The molecule has 7 nitrogen and oxygen atoms in total. The van der Waals surface area contributed by atoms with Gasteiger partial charge in [-0.1, -0.05) is 0 Å². The van der Waals surface area contributed by atoms with E-state index in [0.29, 0.717) is 0 Å². The number of H-pyrrole nitrogens is 1. The van der Waals surface area contributed by atoms with E-state index in [1.54, 1.807) is 6.07 Å². The molecule has 0 spiro atoms. The van der Waals surface area contributed by atoms with Gasteiger partial charge in [-0.15, -0.1) is 0 Å². The van der Waals surface area contributed by atoms with E-state index in [1.165, 1.54) is 18.5 Å². The predicted octanol–water partition coefficient (Wildman–Crippen LogP) is 6.08. The third kappa shape index (κ3) is 3.65. The molecule has 0 saturated heterocycles. The number of benzene rings is 1. The molecule has 2 unspecified atom stereocenters. The van der Waals surface area contributed by atoms with Crippen LogP contribution in [0.2, 0.25) is 0 Å². The lowest BCUT2D eigenvalue weighted by Gasteiger charge is -2.47. The molecule has 0 amide bonds. The summed E-state index contributed by atoms with van der Waals surface area (Å²) >= 11 is 0. The molecule has 4 aromatic rings. The van der Waals surface area contributed by atoms with Crippen molar-refractivity contribution in [2.24, 2.45) is 17.8 Å². The van der Waals surface area contributed by atoms with Crippen LogP contribution in [0.5, 0.6) is 0 Å². The molecule has 3 N–H and O–H groups in total. The van der Waals surface area contributed by atoms with Gasteiger partial charge in [0.2, 0.25) is 0 Å². The molecule has 3 aromatic heterocycles. The van der Waals surface area contributed by atoms with E-state index in [9.17, 15) is 23.9 Å². The molecule has 37 heavy (non-hydrogen) atoms. The molecule has 2 atom stereocenters. The number of carboxylic acids is 1. The maximum absolute atomic E-state index is 16.1. The lowest BCUT2D eigenvalue weighted by Crippen LogP contribution is -2.51. The molecule has 0 radical (unpaired) electrons. The molecule has 0 aliphatic heterocycles. The van der Waals surface area contributed by atoms with Crippen molar-refractivity contribution in [1.82, 2.24) is 9.97 Å². The van der Waals surface area contributed by atoms with Crippen molar-refractivity contribution in [3.63, 3.8) is 0 Å². The van der Waals surface area contributed by atoms with Crippen molar-refractivity contribution in [3.8, 4) is 28.7 Å². The number of pyridine rings is 1. The molecule has 1 aromatic carbocycles. The Kier molecular flexibility index (Phi) is 5.44. The van der Waals surface area contributed by atoms with Crippen molar-refractivity contribution < 1.29 is 27.5 Å². The zero-order valence-electron chi connectivity index (χ0n) is 19.4. The van der Waals surface area contributed by atoms with Crippen LogP contribution in [0.3, 0.4) is 0 Å². The third-order valence-electron chi connectivity index (χ3n) is 7.79. The van der Waals surface area contributed by atoms with Crippen molar-refractivity contribution in [1.29, 1.82) is 5.26 Å². The first-order chi connectivity index (χ1) is 17.9. The fraction of sp³-hybridized carbons (Fsp3) is 0.296. The van der Waals surface area contributed by atoms with Gasteiger partial charge in [0.1, 0.15) is 23.5 Å². The lowest BCUT2D eigenvalue weighted by atomic mass is 9.61. The highest BCUT2D eigenvalue weighted by molar-refractivity contribution is 5.98. The number of hydrogen-bond acceptors (Lipinski definition) is 5. The van der Waals surface area contributed by atoms with Gasteiger partial charge in [0, 0.05) is 29.3 Å². The molecule has 2 bridgehead atoms. The van der Waals surface area contributed by atoms with E-state index in [4.69, 9.17) is 4.42 Å². The Hall–Kier alpha value is -4.26. The normalized spacial score (nSPS) is 22.8. The maximum atomic E-state index is 16.1. The molecule has 7 rings (SSSR count). The van der Waals surface area contributed by atoms with Crippen molar-refractivity contribution >= 4 is 22.7 Å². The van der Waals surface area contributed by atoms with Gasteiger partial charge >= 0.3 is 5.97 Å². The minimum Gasteiger partial charge on any atom is -0.481 e. The summed E-state index contributed by atoms with van der Waals surface area (Å²) in [5.41, 5.74) is -0.152. The number of anilines is 1. The summed E-state index contributed by atoms with van der Waals surface area (Å²) in [5, 5.41) is 23.2. The number of nitrogens with zero attached hydrogens (tertiary/aromatic N) is 2. The van der Waals surface area contributed by atoms with Crippen LogP contribution < -0.4 is 5.32 Å². The van der Waals surface area contributed by atoms with Gasteiger partial charge in [0.15, 0.2) is 11.6 Å². The van der Waals surface area contributed by atoms with E-state index in [1.807, 2.05) is 6.07 Å². The quantitative estimate of drug-likeness (QED) is 0.302. The number of carboxylic acid groups (broad SMARTS) is 1. The smallest absolute Gasteiger partial charge is 0.308 e. The molecule has 3 saturated carbocycles. The van der Waals surface area contributed by atoms with Gasteiger partial charge in [-0.25, -0.2) is 18.2 Å². The first-order valence-electron chi connectivity index (χ1n) is 12.0. The van der Waals surface area contributed by atoms with Gasteiger partial charge < -0.3 is 19.8 Å². The van der Waals surface area contributed by atoms with Crippen LogP contribution in [0.15, 0.2) is 41.1 Å². The first kappa shape index (κ1) is 23.2. The van der Waals surface area contributed by atoms with Gasteiger partial charge in [0.25, 0.3) is 0 Å². The second-order valence-electron chi connectivity index (χ2n) is 9.68. The summed E-state index contributed by atoms with van der Waals surface area (Å²) in [6, 6.07) is 6.29. The summed E-state index contributed by atoms with van der Waals surface area (Å²) in [7, 11) is 0. The van der Waals surface area contributed by atoms with Gasteiger partial charge in [-0.3, -0.25) is 4.79 Å². The number of aromatic nitrogens is 2. The second kappa shape index (κ2) is 8.69. The Morgan fingerprint density at radius 1 is 1.19 bits per heavy atom. The van der Waals surface area contributed by atoms with Crippen LogP contribution >= 0.6 is 0 Å². The summed E-state index contributed by atoms with van der Waals surface area (Å²) in [4.78, 5) is 19.3. The zero-order valence-corrected chi connectivity index (χ0v) is 19.4. The topological polar surface area (TPSA) is 115 Å². The first-order valence-corrected chi connectivity index (χ1v) is 12.0. The lowest BCUT2D eigenvalue weighted by molar-refractivity contribution is -0.148. The molecule has 3 fully saturated rings. The van der Waals surface area contributed by atoms with Crippen molar-refractivity contribution in [3.05, 3.63) is 59.7 Å². The number of aliphatic carboxylic acids is 1. The molecule has 3 aliphatic rings. The second-order valence-corrected chi connectivity index (χ2v) is 9.68. The van der Waals surface area contributed by atoms with Crippen LogP contribution in [-0.4, -0.2) is 27.1 Å². The summed E-state index contributed by atoms with van der Waals surface area (Å²) in [6.45, 7) is 0. The molecule has 10 heteroatoms. The minimum atomic E-state index is -0.949. The van der Waals surface area contributed by atoms with E-state index in [-0.39, 0.29) is 56.7 Å². The highest BCUT2D eigenvalue weighted by atomic mass is 19.1. The number of halogens is 3. The van der Waals surface area contributed by atoms with E-state index in [2.05, 4.69) is 15.3 Å². The monoisotopic (exact) mass is 506 g/mol. The minimum absolute atomic E-state index is 0.0102. The molecule has 3 aliphatic carbocycles. The highest BCUT2D eigenvalue weighted by Gasteiger charge is 2.47. The Labute approximate surface area is 208 Å². The number of rotatable bonds is 5. The Morgan fingerprint density at radius 2 is 1.95 bits per heavy atom. The average Bonchev–Trinajstić information content (AvgIpc) is 3.56. The Balaban J connectivity index is 1.57. The van der Waals surface area contributed by atoms with Gasteiger partial charge in [0.05, 0.1) is 34.5 Å². The summed E-state index contributed by atoms with van der Waals surface area (Å²) in [6.07, 6.45) is 5.97. The number of aromatic amines is 1. The number of carbonyl (C=O) groups is 1. The molecular weight excluding hydrogens is 485 g/mol. The van der Waals surface area contributed by atoms with Crippen LogP contribution in [-0.2, 0) is 4.79 Å². The van der Waals surface area contributed by atoms with Crippen LogP contribution in [0.25, 0.3) is 33.5 Å². The Morgan fingerprint density at radius 3 is 2.62 bits per heavy atom. The summed E-state index contributed by atoms with van der Waals surface area (Å²) < 4.78 is 50.0. The van der Waals surface area contributed by atoms with Crippen molar-refractivity contribution in [2.45, 2.75) is 31.7 Å². The van der Waals surface area contributed by atoms with Crippen molar-refractivity contribution in [2.75, 3.05) is 5.32 Å². The van der Waals surface area contributed by atoms with Crippen LogP contribution in [0.1, 0.15) is 31.2 Å². The van der Waals surface area contributed by atoms with Gasteiger partial charge in [-0.2, -0.15) is 5.26 Å². The number of hydrogen-bond donors (Lipinski definition) is 3. The largest absolute Gasteiger partial charge is 0.481 e. The molecule has 188 valence electrons. The zero-order chi connectivity index (χ0) is 25.8. The molecule has 3 heterocycles. The number of furan rings is 1. The Bertz CT molecular complexity index is 1570. The number of fused-ring (bicyclic) bond motifs is 4. The SMILES string of the molecule is N#Cc1c(-c2c[nH]c3c(F)cc(F)cc23)nc(NC2C3CCC(CC3)C2C(=O)O)c(F)c1-c1ccco1. The third-order valence-corrected chi connectivity index (χ3v) is 7.79. The molecular formula is C27H21F3N4O3. The fourth-order valence-corrected chi connectivity index (χ4v) is 6.14. The maximum Gasteiger partial charge on any atom is 0.308 e. The standard InChI is InChI=1S/C27H21F3N4O3/c28-14-8-15-17(11-32-25(15)18(29)9-14)24-16(10-31)21(19-2-1-7-37-19)22(30)26(34-24)33-23-13-5-3-12(4-6-13)20(23)27(35)36/h1-2,7-9,11-13,20,23,32H,3-6H2,(H,33,34)(H,35,36). The van der Waals surface area contributed by atoms with Crippen LogP contribution in [0, 0.1) is 46.5 Å². The fourth-order valence-electron chi connectivity index (χ4n) is 6.14. The van der Waals surface area contributed by atoms with E-state index >= 15 is 4.39 Å². The number of nitrogens with one attached hydrogen (secondary N) is 2. The average molecular weight is 506 g/mol. The highest BCUT2D eigenvalue weighted by Crippen LogP contribution is 2.47. The van der Waals surface area contributed by atoms with Gasteiger partial charge in [-0.05, 0) is 55.7 Å².